The molecule has 1 aromatic heterocycles. The fourth-order valence-electron chi connectivity index (χ4n) is 3.25. The van der Waals surface area contributed by atoms with Crippen molar-refractivity contribution in [2.45, 2.75) is 45.3 Å². The standard InChI is InChI=1S/C16H19N3O2S/c1-10-7-8-11(2)19(10)14(20)9-18-15(21)12-5-3-4-6-13(12)17-16(18)22/h3-6,10-11H,7-9H2,1-2H3,(H,17,22). The van der Waals surface area contributed by atoms with Gasteiger partial charge in [0.15, 0.2) is 4.77 Å². The van der Waals surface area contributed by atoms with Crippen LogP contribution in [0.1, 0.15) is 26.7 Å². The SMILES string of the molecule is CC1CCC(C)N1C(=O)Cn1c(=S)[nH]c2ccccc2c1=O. The van der Waals surface area contributed by atoms with Crippen molar-refractivity contribution >= 4 is 29.0 Å². The number of aromatic nitrogens is 2. The van der Waals surface area contributed by atoms with Gasteiger partial charge in [0.25, 0.3) is 5.56 Å². The van der Waals surface area contributed by atoms with Gasteiger partial charge in [0.2, 0.25) is 5.91 Å². The first kappa shape index (κ1) is 15.0. The normalized spacial score (nSPS) is 21.5. The molecule has 2 aromatic rings. The minimum absolute atomic E-state index is 0.00627. The van der Waals surface area contributed by atoms with Crippen molar-refractivity contribution < 1.29 is 4.79 Å². The van der Waals surface area contributed by atoms with Crippen LogP contribution in [0.25, 0.3) is 10.9 Å². The Bertz CT molecular complexity index is 829. The van der Waals surface area contributed by atoms with Crippen molar-refractivity contribution in [3.8, 4) is 0 Å². The molecule has 116 valence electrons. The van der Waals surface area contributed by atoms with Gasteiger partial charge in [-0.15, -0.1) is 0 Å². The Kier molecular flexibility index (Phi) is 3.87. The van der Waals surface area contributed by atoms with Crippen LogP contribution in [0.5, 0.6) is 0 Å². The number of para-hydroxylation sites is 1. The lowest BCUT2D eigenvalue weighted by atomic mass is 10.2. The summed E-state index contributed by atoms with van der Waals surface area (Å²) in [5.74, 6) is -0.0469. The molecular formula is C16H19N3O2S. The minimum Gasteiger partial charge on any atom is -0.336 e. The fraction of sp³-hybridized carbons (Fsp3) is 0.438. The van der Waals surface area contributed by atoms with Crippen molar-refractivity contribution in [1.29, 1.82) is 0 Å². The summed E-state index contributed by atoms with van der Waals surface area (Å²) < 4.78 is 1.65. The van der Waals surface area contributed by atoms with E-state index in [9.17, 15) is 9.59 Å². The number of nitrogens with zero attached hydrogens (tertiary/aromatic N) is 2. The molecule has 0 radical (unpaired) electrons. The smallest absolute Gasteiger partial charge is 0.262 e. The van der Waals surface area contributed by atoms with Crippen LogP contribution in [0.3, 0.4) is 0 Å². The molecule has 1 aromatic carbocycles. The maximum atomic E-state index is 12.6. The Morgan fingerprint density at radius 2 is 1.91 bits per heavy atom. The van der Waals surface area contributed by atoms with Crippen molar-refractivity contribution in [2.75, 3.05) is 0 Å². The van der Waals surface area contributed by atoms with Crippen LogP contribution in [-0.4, -0.2) is 32.4 Å². The Morgan fingerprint density at radius 3 is 2.59 bits per heavy atom. The third-order valence-corrected chi connectivity index (χ3v) is 4.75. The Morgan fingerprint density at radius 1 is 1.27 bits per heavy atom. The fourth-order valence-corrected chi connectivity index (χ4v) is 3.50. The first-order valence-electron chi connectivity index (χ1n) is 7.52. The number of benzene rings is 1. The summed E-state index contributed by atoms with van der Waals surface area (Å²) in [6.45, 7) is 4.09. The molecule has 1 N–H and O–H groups in total. The van der Waals surface area contributed by atoms with Gasteiger partial charge in [-0.1, -0.05) is 12.1 Å². The number of nitrogens with one attached hydrogen (secondary N) is 1. The van der Waals surface area contributed by atoms with Crippen LogP contribution in [0.2, 0.25) is 0 Å². The van der Waals surface area contributed by atoms with Gasteiger partial charge >= 0.3 is 0 Å². The second kappa shape index (κ2) is 5.68. The summed E-state index contributed by atoms with van der Waals surface area (Å²) in [5, 5.41) is 0.548. The monoisotopic (exact) mass is 317 g/mol. The van der Waals surface area contributed by atoms with E-state index in [0.29, 0.717) is 10.9 Å². The molecule has 1 aliphatic rings. The quantitative estimate of drug-likeness (QED) is 0.866. The topological polar surface area (TPSA) is 58.1 Å². The number of carbonyl (C=O) groups is 1. The largest absolute Gasteiger partial charge is 0.336 e. The molecule has 1 amide bonds. The number of aromatic amines is 1. The molecular weight excluding hydrogens is 298 g/mol. The van der Waals surface area contributed by atoms with Crippen LogP contribution in [-0.2, 0) is 11.3 Å². The summed E-state index contributed by atoms with van der Waals surface area (Å²) in [7, 11) is 0. The van der Waals surface area contributed by atoms with Crippen molar-refractivity contribution in [2.24, 2.45) is 0 Å². The van der Waals surface area contributed by atoms with E-state index in [0.717, 1.165) is 12.8 Å². The molecule has 0 spiro atoms. The van der Waals surface area contributed by atoms with E-state index in [4.69, 9.17) is 12.2 Å². The van der Waals surface area contributed by atoms with Gasteiger partial charge < -0.3 is 9.88 Å². The summed E-state index contributed by atoms with van der Waals surface area (Å²) in [5.41, 5.74) is 0.483. The van der Waals surface area contributed by atoms with E-state index in [2.05, 4.69) is 4.98 Å². The molecule has 0 saturated carbocycles. The number of fused-ring (bicyclic) bond motifs is 1. The average molecular weight is 317 g/mol. The molecule has 22 heavy (non-hydrogen) atoms. The highest BCUT2D eigenvalue weighted by atomic mass is 32.1. The number of amides is 1. The number of hydrogen-bond acceptors (Lipinski definition) is 3. The first-order chi connectivity index (χ1) is 10.5. The zero-order chi connectivity index (χ0) is 15.9. The lowest BCUT2D eigenvalue weighted by molar-refractivity contribution is -0.134. The predicted octanol–water partition coefficient (Wildman–Crippen LogP) is 2.46. The maximum Gasteiger partial charge on any atom is 0.262 e. The lowest BCUT2D eigenvalue weighted by Crippen LogP contribution is -2.42. The highest BCUT2D eigenvalue weighted by Crippen LogP contribution is 2.23. The first-order valence-corrected chi connectivity index (χ1v) is 7.93. The van der Waals surface area contributed by atoms with Crippen LogP contribution in [0.15, 0.2) is 29.1 Å². The maximum absolute atomic E-state index is 12.6. The second-order valence-electron chi connectivity index (χ2n) is 5.94. The molecule has 3 rings (SSSR count). The van der Waals surface area contributed by atoms with Crippen LogP contribution < -0.4 is 5.56 Å². The van der Waals surface area contributed by atoms with Gasteiger partial charge in [0.05, 0.1) is 10.9 Å². The van der Waals surface area contributed by atoms with Gasteiger partial charge in [0, 0.05) is 12.1 Å². The predicted molar refractivity (Wildman–Crippen MR) is 88.4 cm³/mol. The molecule has 0 bridgehead atoms. The van der Waals surface area contributed by atoms with E-state index in [1.165, 1.54) is 4.57 Å². The number of H-pyrrole nitrogens is 1. The Labute approximate surface area is 133 Å². The number of rotatable bonds is 2. The van der Waals surface area contributed by atoms with E-state index < -0.39 is 0 Å². The van der Waals surface area contributed by atoms with Gasteiger partial charge in [-0.3, -0.25) is 14.2 Å². The van der Waals surface area contributed by atoms with Crippen LogP contribution in [0.4, 0.5) is 0 Å². The minimum atomic E-state index is -0.216. The lowest BCUT2D eigenvalue weighted by Gasteiger charge is -2.26. The van der Waals surface area contributed by atoms with E-state index in [-0.39, 0.29) is 34.9 Å². The van der Waals surface area contributed by atoms with E-state index in [1.54, 1.807) is 12.1 Å². The van der Waals surface area contributed by atoms with Crippen molar-refractivity contribution in [3.05, 3.63) is 39.4 Å². The van der Waals surface area contributed by atoms with Gasteiger partial charge in [-0.2, -0.15) is 0 Å². The molecule has 1 fully saturated rings. The summed E-state index contributed by atoms with van der Waals surface area (Å²) >= 11 is 5.26. The third-order valence-electron chi connectivity index (χ3n) is 4.42. The van der Waals surface area contributed by atoms with Crippen LogP contribution >= 0.6 is 12.2 Å². The molecule has 6 heteroatoms. The third kappa shape index (κ3) is 2.47. The zero-order valence-electron chi connectivity index (χ0n) is 12.7. The Balaban J connectivity index is 1.99. The number of hydrogen-bond donors (Lipinski definition) is 1. The van der Waals surface area contributed by atoms with Gasteiger partial charge in [0.1, 0.15) is 6.54 Å². The summed E-state index contributed by atoms with van der Waals surface area (Å²) in [4.78, 5) is 30.0. The molecule has 5 nitrogen and oxygen atoms in total. The average Bonchev–Trinajstić information content (AvgIpc) is 2.82. The molecule has 2 heterocycles. The summed E-state index contributed by atoms with van der Waals surface area (Å²) in [6, 6.07) is 7.63. The molecule has 0 aliphatic carbocycles. The van der Waals surface area contributed by atoms with Crippen molar-refractivity contribution in [1.82, 2.24) is 14.5 Å². The van der Waals surface area contributed by atoms with Gasteiger partial charge in [-0.25, -0.2) is 0 Å². The Hall–Kier alpha value is -1.95. The molecule has 2 unspecified atom stereocenters. The van der Waals surface area contributed by atoms with Crippen LogP contribution in [0, 0.1) is 4.77 Å². The highest BCUT2D eigenvalue weighted by Gasteiger charge is 2.31. The highest BCUT2D eigenvalue weighted by molar-refractivity contribution is 7.71. The number of likely N-dealkylation sites (tertiary alicyclic amines) is 1. The zero-order valence-corrected chi connectivity index (χ0v) is 13.5. The van der Waals surface area contributed by atoms with E-state index >= 15 is 0 Å². The van der Waals surface area contributed by atoms with E-state index in [1.807, 2.05) is 30.9 Å². The summed E-state index contributed by atoms with van der Waals surface area (Å²) in [6.07, 6.45) is 2.01. The molecule has 1 saturated heterocycles. The van der Waals surface area contributed by atoms with Crippen molar-refractivity contribution in [3.63, 3.8) is 0 Å². The van der Waals surface area contributed by atoms with Gasteiger partial charge in [-0.05, 0) is 51.0 Å². The molecule has 2 atom stereocenters. The number of carbonyl (C=O) groups excluding carboxylic acids is 1. The second-order valence-corrected chi connectivity index (χ2v) is 6.33. The molecule has 1 aliphatic heterocycles.